The van der Waals surface area contributed by atoms with Crippen LogP contribution >= 0.6 is 0 Å². The highest BCUT2D eigenvalue weighted by Crippen LogP contribution is 2.28. The second kappa shape index (κ2) is 5.48. The second-order valence-corrected chi connectivity index (χ2v) is 6.10. The summed E-state index contributed by atoms with van der Waals surface area (Å²) in [6, 6.07) is 7.79. The molecule has 3 rings (SSSR count). The molecule has 1 aromatic carbocycles. The Labute approximate surface area is 124 Å². The lowest BCUT2D eigenvalue weighted by atomic mass is 9.82. The van der Waals surface area contributed by atoms with Crippen LogP contribution in [0.2, 0.25) is 0 Å². The maximum absolute atomic E-state index is 12.4. The van der Waals surface area contributed by atoms with E-state index in [0.717, 1.165) is 37.0 Å². The molecule has 0 spiro atoms. The Morgan fingerprint density at radius 3 is 2.86 bits per heavy atom. The van der Waals surface area contributed by atoms with Gasteiger partial charge in [-0.2, -0.15) is 5.10 Å². The molecule has 0 atom stereocenters. The van der Waals surface area contributed by atoms with E-state index in [4.69, 9.17) is 4.74 Å². The van der Waals surface area contributed by atoms with Crippen molar-refractivity contribution < 1.29 is 9.53 Å². The molecule has 5 heteroatoms. The van der Waals surface area contributed by atoms with Gasteiger partial charge in [0.2, 0.25) is 0 Å². The highest BCUT2D eigenvalue weighted by atomic mass is 16.5. The number of para-hydroxylation sites is 1. The number of aromatic nitrogens is 2. The van der Waals surface area contributed by atoms with Crippen molar-refractivity contribution in [1.82, 2.24) is 15.1 Å². The van der Waals surface area contributed by atoms with Crippen LogP contribution < -0.4 is 5.32 Å². The number of hydrogen-bond donors (Lipinski definition) is 1. The van der Waals surface area contributed by atoms with E-state index >= 15 is 0 Å². The Hall–Kier alpha value is -1.88. The number of nitrogens with zero attached hydrogens (tertiary/aromatic N) is 2. The number of rotatable bonds is 3. The van der Waals surface area contributed by atoms with Gasteiger partial charge in [0.15, 0.2) is 5.69 Å². The molecule has 112 valence electrons. The summed E-state index contributed by atoms with van der Waals surface area (Å²) in [5.74, 6) is -0.0977. The van der Waals surface area contributed by atoms with Crippen molar-refractivity contribution in [1.29, 1.82) is 0 Å². The summed E-state index contributed by atoms with van der Waals surface area (Å²) in [6.07, 6.45) is 1.96. The van der Waals surface area contributed by atoms with Gasteiger partial charge >= 0.3 is 0 Å². The van der Waals surface area contributed by atoms with Crippen LogP contribution in [0.15, 0.2) is 24.3 Å². The van der Waals surface area contributed by atoms with Crippen molar-refractivity contribution in [3.8, 4) is 0 Å². The minimum atomic E-state index is -0.0977. The van der Waals surface area contributed by atoms with Gasteiger partial charge in [0.25, 0.3) is 5.91 Å². The van der Waals surface area contributed by atoms with Crippen LogP contribution in [-0.4, -0.2) is 35.4 Å². The summed E-state index contributed by atoms with van der Waals surface area (Å²) in [7, 11) is 1.86. The smallest absolute Gasteiger partial charge is 0.272 e. The second-order valence-electron chi connectivity index (χ2n) is 6.10. The summed E-state index contributed by atoms with van der Waals surface area (Å²) in [5.41, 5.74) is 1.60. The third-order valence-electron chi connectivity index (χ3n) is 4.35. The van der Waals surface area contributed by atoms with Gasteiger partial charge in [0.1, 0.15) is 0 Å². The number of aryl methyl sites for hydroxylation is 1. The first kappa shape index (κ1) is 14.1. The van der Waals surface area contributed by atoms with Crippen molar-refractivity contribution in [2.45, 2.75) is 19.8 Å². The molecule has 1 saturated heterocycles. The van der Waals surface area contributed by atoms with Crippen LogP contribution in [0.25, 0.3) is 10.9 Å². The number of benzene rings is 1. The number of fused-ring (bicyclic) bond motifs is 1. The maximum atomic E-state index is 12.4. The van der Waals surface area contributed by atoms with E-state index in [1.807, 2.05) is 31.3 Å². The molecule has 1 N–H and O–H groups in total. The van der Waals surface area contributed by atoms with Crippen LogP contribution in [0.3, 0.4) is 0 Å². The number of amides is 1. The number of ether oxygens (including phenoxy) is 1. The van der Waals surface area contributed by atoms with Gasteiger partial charge in [-0.15, -0.1) is 0 Å². The summed E-state index contributed by atoms with van der Waals surface area (Å²) in [4.78, 5) is 12.4. The molecule has 0 bridgehead atoms. The molecule has 1 amide bonds. The van der Waals surface area contributed by atoms with E-state index in [-0.39, 0.29) is 11.3 Å². The Morgan fingerprint density at radius 1 is 1.38 bits per heavy atom. The van der Waals surface area contributed by atoms with E-state index in [1.165, 1.54) is 0 Å². The van der Waals surface area contributed by atoms with E-state index in [2.05, 4.69) is 17.3 Å². The van der Waals surface area contributed by atoms with Crippen LogP contribution in [0.5, 0.6) is 0 Å². The van der Waals surface area contributed by atoms with Gasteiger partial charge in [-0.3, -0.25) is 9.48 Å². The highest BCUT2D eigenvalue weighted by molar-refractivity contribution is 6.04. The van der Waals surface area contributed by atoms with Crippen LogP contribution in [-0.2, 0) is 11.8 Å². The molecule has 2 heterocycles. The molecule has 1 aliphatic heterocycles. The first-order valence-corrected chi connectivity index (χ1v) is 7.37. The van der Waals surface area contributed by atoms with Crippen molar-refractivity contribution in [3.05, 3.63) is 30.0 Å². The van der Waals surface area contributed by atoms with Gasteiger partial charge < -0.3 is 10.1 Å². The Kier molecular flexibility index (Phi) is 3.68. The summed E-state index contributed by atoms with van der Waals surface area (Å²) >= 11 is 0. The van der Waals surface area contributed by atoms with Crippen molar-refractivity contribution >= 4 is 16.8 Å². The molecule has 0 unspecified atom stereocenters. The fourth-order valence-electron chi connectivity index (χ4n) is 2.80. The Bertz CT molecular complexity index is 657. The monoisotopic (exact) mass is 287 g/mol. The van der Waals surface area contributed by atoms with Gasteiger partial charge in [-0.05, 0) is 24.3 Å². The van der Waals surface area contributed by atoms with Gasteiger partial charge in [0, 0.05) is 32.2 Å². The predicted molar refractivity (Wildman–Crippen MR) is 81.2 cm³/mol. The average Bonchev–Trinajstić information content (AvgIpc) is 2.84. The Balaban J connectivity index is 1.75. The predicted octanol–water partition coefficient (Wildman–Crippen LogP) is 2.12. The zero-order valence-electron chi connectivity index (χ0n) is 12.6. The first-order valence-electron chi connectivity index (χ1n) is 7.37. The number of nitrogens with one attached hydrogen (secondary N) is 1. The van der Waals surface area contributed by atoms with E-state index in [1.54, 1.807) is 4.68 Å². The minimum absolute atomic E-state index is 0.0977. The molecular weight excluding hydrogens is 266 g/mol. The SMILES string of the molecule is Cn1nc(C(=O)NCC2(C)CCOCC2)c2ccccc21. The van der Waals surface area contributed by atoms with Crippen LogP contribution in [0.1, 0.15) is 30.3 Å². The Morgan fingerprint density at radius 2 is 2.10 bits per heavy atom. The fraction of sp³-hybridized carbons (Fsp3) is 0.500. The highest BCUT2D eigenvalue weighted by Gasteiger charge is 2.28. The molecule has 1 aromatic heterocycles. The quantitative estimate of drug-likeness (QED) is 0.940. The lowest BCUT2D eigenvalue weighted by Crippen LogP contribution is -2.39. The number of carbonyl (C=O) groups excluding carboxylic acids is 1. The maximum Gasteiger partial charge on any atom is 0.272 e. The third-order valence-corrected chi connectivity index (χ3v) is 4.35. The van der Waals surface area contributed by atoms with Crippen molar-refractivity contribution in [2.24, 2.45) is 12.5 Å². The molecule has 0 radical (unpaired) electrons. The number of hydrogen-bond acceptors (Lipinski definition) is 3. The van der Waals surface area contributed by atoms with E-state index < -0.39 is 0 Å². The first-order chi connectivity index (χ1) is 10.1. The molecule has 0 aliphatic carbocycles. The van der Waals surface area contributed by atoms with E-state index in [0.29, 0.717) is 12.2 Å². The van der Waals surface area contributed by atoms with Gasteiger partial charge in [-0.1, -0.05) is 25.1 Å². The lowest BCUT2D eigenvalue weighted by molar-refractivity contribution is 0.0238. The number of carbonyl (C=O) groups is 1. The standard InChI is InChI=1S/C16H21N3O2/c1-16(7-9-21-10-8-16)11-17-15(20)14-12-5-3-4-6-13(12)19(2)18-14/h3-6H,7-11H2,1-2H3,(H,17,20). The van der Waals surface area contributed by atoms with Crippen molar-refractivity contribution in [3.63, 3.8) is 0 Å². The molecule has 1 fully saturated rings. The molecule has 2 aromatic rings. The zero-order valence-corrected chi connectivity index (χ0v) is 12.6. The molecule has 1 aliphatic rings. The minimum Gasteiger partial charge on any atom is -0.381 e. The third kappa shape index (κ3) is 2.78. The van der Waals surface area contributed by atoms with Crippen LogP contribution in [0, 0.1) is 5.41 Å². The molecular formula is C16H21N3O2. The van der Waals surface area contributed by atoms with Crippen LogP contribution in [0.4, 0.5) is 0 Å². The van der Waals surface area contributed by atoms with Gasteiger partial charge in [0.05, 0.1) is 5.52 Å². The van der Waals surface area contributed by atoms with E-state index in [9.17, 15) is 4.79 Å². The molecule has 5 nitrogen and oxygen atoms in total. The van der Waals surface area contributed by atoms with Crippen molar-refractivity contribution in [2.75, 3.05) is 19.8 Å². The molecule has 21 heavy (non-hydrogen) atoms. The van der Waals surface area contributed by atoms with Gasteiger partial charge in [-0.25, -0.2) is 0 Å². The summed E-state index contributed by atoms with van der Waals surface area (Å²) in [6.45, 7) is 4.42. The zero-order chi connectivity index (χ0) is 14.9. The molecule has 0 saturated carbocycles. The largest absolute Gasteiger partial charge is 0.381 e. The topological polar surface area (TPSA) is 56.2 Å². The average molecular weight is 287 g/mol. The summed E-state index contributed by atoms with van der Waals surface area (Å²) in [5, 5.41) is 8.30. The fourth-order valence-corrected chi connectivity index (χ4v) is 2.80. The lowest BCUT2D eigenvalue weighted by Gasteiger charge is -2.33. The summed E-state index contributed by atoms with van der Waals surface area (Å²) < 4.78 is 7.14. The normalized spacial score (nSPS) is 17.8.